The summed E-state index contributed by atoms with van der Waals surface area (Å²) in [4.78, 5) is 0. The second kappa shape index (κ2) is 80.6. The van der Waals surface area contributed by atoms with Crippen LogP contribution in [0.1, 0.15) is 324 Å². The number of hydrogen-bond acceptors (Lipinski definition) is 7. The van der Waals surface area contributed by atoms with Crippen LogP contribution in [-0.2, 0) is 51.4 Å². The van der Waals surface area contributed by atoms with Crippen molar-refractivity contribution in [3.63, 3.8) is 0 Å². The number of hydrogen-bond donors (Lipinski definition) is 0. The largest absolute Gasteiger partial charge is 0.494 e. The maximum Gasteiger partial charge on any atom is 0.119 e. The van der Waals surface area contributed by atoms with Crippen molar-refractivity contribution in [3.8, 4) is 40.2 Å². The quantitative estimate of drug-likeness (QED) is 0.0352. The highest BCUT2D eigenvalue weighted by atomic mass is 16.5. The SMILES string of the molecule is CCCCCCOc1ccc(C)cc1.CCCCCOc1ccc(C)cc1.CCCCCOc1ccc(CCC)cc1.CCCCOc1ccc(C)cc1.CCCCOc1ccc(CCC)cc1.CCCOc1ccc(C)cc1.CCCOc1ccc(CCC)cc1.CCCc1ccc(C)cc1.CCCc1ccc(CC)cc1.CCCc1ccc(CCC)cc1. The first kappa shape index (κ1) is 114. The standard InChI is InChI=1S/C14H22O.2C13H20O.2C12H18O.C12H18.C11H16O.C11H16.C10H14O.C10H14/c1-3-5-6-12-15-14-10-8-13(7-4-2)9-11-14;1-3-4-5-6-11-14-13-9-7-12(2)8-10-13;1-3-5-11-14-13-9-7-12(6-4-2)8-10-13;1-3-4-5-10-13-12-8-6-11(2)7-9-12;1-3-5-11-6-8-12(9-7-11)13-10-4-2;1-3-5-11-7-9-12(6-4-2)10-8-11;1-3-4-9-12-11-7-5-10(2)6-8-11;1-3-5-11-8-6-10(4-2)7-9-11;1-3-8-11-10-6-4-9(2)5-7-10;1-3-4-10-7-5-9(2)6-8-10/h8-11H,3-7,12H2,1-2H3;2*7-10H,3-6,11H2,1-2H3;2*6-9H,3-5,10H2,1-2H3;7-10H,3-6H2,1-2H3;5-8H,3-4,9H2,1-2H3;6-9H,3-5H2,1-2H3;4-7H,3,8H2,1-2H3;5-8H,3-4H2,1-2H3. The zero-order chi connectivity index (χ0) is 91.7. The molecule has 0 saturated heterocycles. The summed E-state index contributed by atoms with van der Waals surface area (Å²) in [5, 5.41) is 0. The van der Waals surface area contributed by atoms with Gasteiger partial charge in [-0.05, 0) is 260 Å². The van der Waals surface area contributed by atoms with Gasteiger partial charge in [-0.3, -0.25) is 0 Å². The van der Waals surface area contributed by atoms with Crippen LogP contribution in [0.5, 0.6) is 40.2 Å². The first-order chi connectivity index (χ1) is 60.9. The van der Waals surface area contributed by atoms with Gasteiger partial charge >= 0.3 is 0 Å². The Hall–Kier alpha value is -9.20. The molecule has 7 nitrogen and oxygen atoms in total. The van der Waals surface area contributed by atoms with Crippen LogP contribution in [-0.4, -0.2) is 46.2 Å². The van der Waals surface area contributed by atoms with Crippen molar-refractivity contribution in [2.75, 3.05) is 46.2 Å². The number of rotatable bonds is 45. The van der Waals surface area contributed by atoms with Crippen LogP contribution in [0.3, 0.4) is 0 Å². The molecule has 0 heterocycles. The van der Waals surface area contributed by atoms with E-state index >= 15 is 0 Å². The highest BCUT2D eigenvalue weighted by Crippen LogP contribution is 2.20. The van der Waals surface area contributed by atoms with E-state index in [2.05, 4.69) is 333 Å². The van der Waals surface area contributed by atoms with Crippen LogP contribution in [0.15, 0.2) is 243 Å². The number of benzene rings is 10. The van der Waals surface area contributed by atoms with E-state index in [1.807, 2.05) is 48.5 Å². The van der Waals surface area contributed by atoms with Crippen molar-refractivity contribution < 1.29 is 33.2 Å². The topological polar surface area (TPSA) is 64.6 Å². The Morgan fingerprint density at radius 1 is 0.136 bits per heavy atom. The molecular weight excluding hydrogens is 1530 g/mol. The Morgan fingerprint density at radius 3 is 0.480 bits per heavy atom. The Morgan fingerprint density at radius 2 is 0.288 bits per heavy atom. The highest BCUT2D eigenvalue weighted by Gasteiger charge is 2.02. The second-order valence-electron chi connectivity index (χ2n) is 32.5. The van der Waals surface area contributed by atoms with Crippen LogP contribution in [0.2, 0.25) is 0 Å². The van der Waals surface area contributed by atoms with Gasteiger partial charge in [0, 0.05) is 0 Å². The molecule has 0 bridgehead atoms. The van der Waals surface area contributed by atoms with E-state index in [9.17, 15) is 0 Å². The Labute approximate surface area is 767 Å². The molecule has 0 spiro atoms. The van der Waals surface area contributed by atoms with Crippen LogP contribution < -0.4 is 33.2 Å². The molecule has 10 aromatic rings. The monoisotopic (exact) mass is 1710 g/mol. The fourth-order valence-corrected chi connectivity index (χ4v) is 12.3. The van der Waals surface area contributed by atoms with Gasteiger partial charge in [-0.25, -0.2) is 0 Å². The summed E-state index contributed by atoms with van der Waals surface area (Å²) in [6, 6.07) is 84.8. The van der Waals surface area contributed by atoms with Gasteiger partial charge in [0.1, 0.15) is 40.2 Å². The van der Waals surface area contributed by atoms with E-state index in [0.29, 0.717) is 0 Å². The van der Waals surface area contributed by atoms with Gasteiger partial charge in [0.05, 0.1) is 46.2 Å². The lowest BCUT2D eigenvalue weighted by Gasteiger charge is -2.06. The summed E-state index contributed by atoms with van der Waals surface area (Å²) < 4.78 is 38.8. The lowest BCUT2D eigenvalue weighted by molar-refractivity contribution is 0.305. The van der Waals surface area contributed by atoms with Crippen LogP contribution in [0, 0.1) is 34.6 Å². The molecule has 125 heavy (non-hydrogen) atoms. The molecule has 0 radical (unpaired) electrons. The summed E-state index contributed by atoms with van der Waals surface area (Å²) >= 11 is 0. The molecule has 0 atom stereocenters. The minimum Gasteiger partial charge on any atom is -0.494 e. The van der Waals surface area contributed by atoms with E-state index in [1.165, 1.54) is 207 Å². The molecule has 0 aromatic heterocycles. The van der Waals surface area contributed by atoms with Crippen LogP contribution >= 0.6 is 0 Å². The second-order valence-corrected chi connectivity index (χ2v) is 32.5. The molecule has 0 aliphatic carbocycles. The zero-order valence-corrected chi connectivity index (χ0v) is 82.8. The molecule has 0 N–H and O–H groups in total. The molecule has 0 unspecified atom stereocenters. The lowest BCUT2D eigenvalue weighted by atomic mass is 10.1. The Bertz CT molecular complexity index is 3900. The van der Waals surface area contributed by atoms with Crippen molar-refractivity contribution >= 4 is 0 Å². The first-order valence-electron chi connectivity index (χ1n) is 49.1. The van der Waals surface area contributed by atoms with E-state index in [0.717, 1.165) is 151 Å². The van der Waals surface area contributed by atoms with Crippen molar-refractivity contribution in [1.29, 1.82) is 0 Å². The third-order valence-electron chi connectivity index (χ3n) is 20.0. The third kappa shape index (κ3) is 64.2. The van der Waals surface area contributed by atoms with Gasteiger partial charge in [0.25, 0.3) is 0 Å². The molecule has 0 fully saturated rings. The number of unbranched alkanes of at least 4 members (excludes halogenated alkanes) is 9. The molecular formula is C118H176O7. The van der Waals surface area contributed by atoms with Gasteiger partial charge in [-0.2, -0.15) is 0 Å². The molecule has 690 valence electrons. The summed E-state index contributed by atoms with van der Waals surface area (Å²) in [6.07, 6.45) is 37.2. The van der Waals surface area contributed by atoms with E-state index in [1.54, 1.807) is 0 Å². The maximum absolute atomic E-state index is 5.64. The average molecular weight is 1710 g/mol. The molecule has 7 heteroatoms. The van der Waals surface area contributed by atoms with Gasteiger partial charge in [-0.1, -0.05) is 392 Å². The maximum atomic E-state index is 5.64. The average Bonchev–Trinajstić information content (AvgIpc) is 0.929. The lowest BCUT2D eigenvalue weighted by Crippen LogP contribution is -1.96. The normalized spacial score (nSPS) is 10.0. The minimum absolute atomic E-state index is 0.809. The third-order valence-corrected chi connectivity index (χ3v) is 20.0. The predicted molar refractivity (Wildman–Crippen MR) is 548 cm³/mol. The summed E-state index contributed by atoms with van der Waals surface area (Å²) in [6.45, 7) is 49.1. The zero-order valence-electron chi connectivity index (χ0n) is 82.8. The summed E-state index contributed by atoms with van der Waals surface area (Å²) in [7, 11) is 0. The van der Waals surface area contributed by atoms with Crippen molar-refractivity contribution in [2.45, 2.75) is 338 Å². The van der Waals surface area contributed by atoms with Crippen molar-refractivity contribution in [1.82, 2.24) is 0 Å². The highest BCUT2D eigenvalue weighted by molar-refractivity contribution is 5.33. The fourth-order valence-electron chi connectivity index (χ4n) is 12.3. The van der Waals surface area contributed by atoms with Gasteiger partial charge in [-0.15, -0.1) is 0 Å². The fraction of sp³-hybridized carbons (Fsp3) is 0.492. The molecule has 0 saturated carbocycles. The van der Waals surface area contributed by atoms with Gasteiger partial charge in [0.2, 0.25) is 0 Å². The van der Waals surface area contributed by atoms with E-state index in [4.69, 9.17) is 33.2 Å². The Balaban J connectivity index is 0.000000696. The molecule has 0 amide bonds. The minimum atomic E-state index is 0.809. The first-order valence-corrected chi connectivity index (χ1v) is 49.1. The van der Waals surface area contributed by atoms with E-state index in [-0.39, 0.29) is 0 Å². The van der Waals surface area contributed by atoms with Gasteiger partial charge < -0.3 is 33.2 Å². The van der Waals surface area contributed by atoms with Crippen molar-refractivity contribution in [3.05, 3.63) is 315 Å². The van der Waals surface area contributed by atoms with Crippen molar-refractivity contribution in [2.24, 2.45) is 0 Å². The Kier molecular flexibility index (Phi) is 73.4. The van der Waals surface area contributed by atoms with Gasteiger partial charge in [0.15, 0.2) is 0 Å². The smallest absolute Gasteiger partial charge is 0.119 e. The predicted octanol–water partition coefficient (Wildman–Crippen LogP) is 34.7. The number of aryl methyl sites for hydroxylation is 13. The number of ether oxygens (including phenoxy) is 7. The molecule has 0 aliphatic heterocycles. The van der Waals surface area contributed by atoms with E-state index < -0.39 is 0 Å². The summed E-state index contributed by atoms with van der Waals surface area (Å²) in [5.74, 6) is 6.92. The summed E-state index contributed by atoms with van der Waals surface area (Å²) in [5.41, 5.74) is 17.9. The van der Waals surface area contributed by atoms with Crippen LogP contribution in [0.4, 0.5) is 0 Å². The molecule has 10 rings (SSSR count). The van der Waals surface area contributed by atoms with Crippen LogP contribution in [0.25, 0.3) is 0 Å². The molecule has 0 aliphatic rings. The molecule has 10 aromatic carbocycles.